The number of ether oxygens (including phenoxy) is 1. The van der Waals surface area contributed by atoms with Crippen LogP contribution in [-0.4, -0.2) is 40.0 Å². The van der Waals surface area contributed by atoms with Gasteiger partial charge >= 0.3 is 6.09 Å². The van der Waals surface area contributed by atoms with Crippen molar-refractivity contribution < 1.29 is 9.53 Å². The second-order valence-corrected chi connectivity index (χ2v) is 5.65. The highest BCUT2D eigenvalue weighted by Gasteiger charge is 2.32. The maximum Gasteiger partial charge on any atom is 0.414 e. The first-order chi connectivity index (χ1) is 10.3. The van der Waals surface area contributed by atoms with E-state index in [1.54, 1.807) is 33.7 Å². The number of carbonyl (C=O) groups is 1. The number of cyclic esters (lactones) is 1. The fraction of sp³-hybridized carbons (Fsp3) is 0.357. The average molecular weight is 304 g/mol. The van der Waals surface area contributed by atoms with Gasteiger partial charge in [0.25, 0.3) is 0 Å². The van der Waals surface area contributed by atoms with Gasteiger partial charge in [0.05, 0.1) is 12.7 Å². The first kappa shape index (κ1) is 13.9. The Balaban J connectivity index is 1.61. The van der Waals surface area contributed by atoms with Crippen molar-refractivity contribution in [1.82, 2.24) is 15.0 Å². The Morgan fingerprint density at radius 1 is 1.38 bits per heavy atom. The van der Waals surface area contributed by atoms with Gasteiger partial charge in [0.1, 0.15) is 6.10 Å². The lowest BCUT2D eigenvalue weighted by Crippen LogP contribution is -2.24. The van der Waals surface area contributed by atoms with Gasteiger partial charge in [-0.25, -0.2) is 4.79 Å². The third kappa shape index (κ3) is 3.18. The molecule has 0 radical (unpaired) electrons. The quantitative estimate of drug-likeness (QED) is 0.794. The molecule has 0 bridgehead atoms. The second-order valence-electron chi connectivity index (χ2n) is 4.77. The summed E-state index contributed by atoms with van der Waals surface area (Å²) >= 11 is 1.68. The van der Waals surface area contributed by atoms with Crippen LogP contribution in [0.25, 0.3) is 0 Å². The molecule has 6 nitrogen and oxygen atoms in total. The third-order valence-corrected chi connectivity index (χ3v) is 4.15. The van der Waals surface area contributed by atoms with E-state index < -0.39 is 0 Å². The van der Waals surface area contributed by atoms with Crippen molar-refractivity contribution in [2.24, 2.45) is 0 Å². The monoisotopic (exact) mass is 304 g/mol. The molecule has 2 heterocycles. The summed E-state index contributed by atoms with van der Waals surface area (Å²) in [5.74, 6) is 0. The van der Waals surface area contributed by atoms with E-state index in [4.69, 9.17) is 4.74 Å². The Labute approximate surface area is 127 Å². The number of aryl methyl sites for hydroxylation is 1. The highest BCUT2D eigenvalue weighted by Crippen LogP contribution is 2.25. The fourth-order valence-corrected chi connectivity index (χ4v) is 2.68. The number of aromatic nitrogens is 3. The molecule has 21 heavy (non-hydrogen) atoms. The number of nitrogens with zero attached hydrogens (tertiary/aromatic N) is 4. The maximum absolute atomic E-state index is 12.0. The van der Waals surface area contributed by atoms with E-state index in [1.165, 1.54) is 4.90 Å². The lowest BCUT2D eigenvalue weighted by molar-refractivity contribution is 0.133. The molecule has 0 saturated carbocycles. The largest absolute Gasteiger partial charge is 0.444 e. The molecule has 2 aromatic rings. The van der Waals surface area contributed by atoms with Crippen LogP contribution in [0.3, 0.4) is 0 Å². The molecule has 1 amide bonds. The molecule has 0 unspecified atom stereocenters. The summed E-state index contributed by atoms with van der Waals surface area (Å²) < 4.78 is 7.14. The molecule has 7 heteroatoms. The number of benzene rings is 1. The lowest BCUT2D eigenvalue weighted by Gasteiger charge is -2.13. The summed E-state index contributed by atoms with van der Waals surface area (Å²) in [6.45, 7) is 1.27. The summed E-state index contributed by atoms with van der Waals surface area (Å²) in [6.07, 6.45) is 5.81. The zero-order chi connectivity index (χ0) is 14.7. The summed E-state index contributed by atoms with van der Waals surface area (Å²) in [5, 5.41) is 7.66. The van der Waals surface area contributed by atoms with Gasteiger partial charge in [0.15, 0.2) is 0 Å². The molecule has 0 aliphatic carbocycles. The Morgan fingerprint density at radius 3 is 2.86 bits per heavy atom. The van der Waals surface area contributed by atoms with Crippen LogP contribution in [-0.2, 0) is 11.3 Å². The highest BCUT2D eigenvalue weighted by atomic mass is 32.2. The van der Waals surface area contributed by atoms with Crippen molar-refractivity contribution in [3.8, 4) is 0 Å². The van der Waals surface area contributed by atoms with Crippen molar-refractivity contribution in [3.05, 3.63) is 36.7 Å². The molecule has 1 fully saturated rings. The molecular weight excluding hydrogens is 288 g/mol. The van der Waals surface area contributed by atoms with Gasteiger partial charge in [-0.3, -0.25) is 9.58 Å². The number of anilines is 1. The van der Waals surface area contributed by atoms with Crippen LogP contribution in [0.1, 0.15) is 6.42 Å². The van der Waals surface area contributed by atoms with E-state index >= 15 is 0 Å². The zero-order valence-electron chi connectivity index (χ0n) is 11.7. The van der Waals surface area contributed by atoms with E-state index in [0.29, 0.717) is 13.1 Å². The van der Waals surface area contributed by atoms with Gasteiger partial charge in [-0.05, 0) is 30.5 Å². The molecule has 0 spiro atoms. The second kappa shape index (κ2) is 6.17. The molecule has 1 aromatic heterocycles. The number of thioether (sulfide) groups is 1. The van der Waals surface area contributed by atoms with Gasteiger partial charge in [-0.15, -0.1) is 16.9 Å². The van der Waals surface area contributed by atoms with Gasteiger partial charge in [0.2, 0.25) is 0 Å². The standard InChI is InChI=1S/C14H16N4O2S/c1-21-13-4-2-11(3-5-13)18-10-12(20-14(18)19)6-8-17-9-7-15-16-17/h2-5,7,9,12H,6,8,10H2,1H3/t12-/m1/s1. The van der Waals surface area contributed by atoms with E-state index in [2.05, 4.69) is 10.3 Å². The molecule has 1 aliphatic rings. The maximum atomic E-state index is 12.0. The average Bonchev–Trinajstić information content (AvgIpc) is 3.15. The molecule has 1 saturated heterocycles. The molecular formula is C14H16N4O2S. The molecule has 0 N–H and O–H groups in total. The van der Waals surface area contributed by atoms with Gasteiger partial charge in [-0.1, -0.05) is 5.21 Å². The summed E-state index contributed by atoms with van der Waals surface area (Å²) in [6, 6.07) is 7.92. The minimum atomic E-state index is -0.282. The van der Waals surface area contributed by atoms with Crippen molar-refractivity contribution in [2.75, 3.05) is 17.7 Å². The van der Waals surface area contributed by atoms with Crippen molar-refractivity contribution in [1.29, 1.82) is 0 Å². The first-order valence-corrected chi connectivity index (χ1v) is 7.95. The molecule has 3 rings (SSSR count). The van der Waals surface area contributed by atoms with E-state index in [0.717, 1.165) is 12.1 Å². The van der Waals surface area contributed by atoms with Crippen LogP contribution in [0, 0.1) is 0 Å². The lowest BCUT2D eigenvalue weighted by atomic mass is 10.2. The summed E-state index contributed by atoms with van der Waals surface area (Å²) in [5.41, 5.74) is 0.876. The van der Waals surface area contributed by atoms with Gasteiger partial charge < -0.3 is 4.74 Å². The molecule has 110 valence electrons. The number of hydrogen-bond acceptors (Lipinski definition) is 5. The molecule has 1 aromatic carbocycles. The predicted octanol–water partition coefficient (Wildman–Crippen LogP) is 2.42. The Bertz CT molecular complexity index is 600. The number of rotatable bonds is 5. The van der Waals surface area contributed by atoms with Crippen LogP contribution in [0.2, 0.25) is 0 Å². The van der Waals surface area contributed by atoms with Crippen molar-refractivity contribution in [2.45, 2.75) is 24.0 Å². The highest BCUT2D eigenvalue weighted by molar-refractivity contribution is 7.98. The van der Waals surface area contributed by atoms with Crippen LogP contribution >= 0.6 is 11.8 Å². The van der Waals surface area contributed by atoms with Gasteiger partial charge in [0, 0.05) is 29.7 Å². The minimum absolute atomic E-state index is 0.109. The van der Waals surface area contributed by atoms with Crippen LogP contribution in [0.15, 0.2) is 41.6 Å². The van der Waals surface area contributed by atoms with E-state index in [1.807, 2.05) is 30.5 Å². The summed E-state index contributed by atoms with van der Waals surface area (Å²) in [4.78, 5) is 14.8. The van der Waals surface area contributed by atoms with Crippen molar-refractivity contribution in [3.63, 3.8) is 0 Å². The smallest absolute Gasteiger partial charge is 0.414 e. The molecule has 1 aliphatic heterocycles. The molecule has 1 atom stereocenters. The topological polar surface area (TPSA) is 60.3 Å². The Kier molecular flexibility index (Phi) is 4.10. The predicted molar refractivity (Wildman–Crippen MR) is 80.5 cm³/mol. The Morgan fingerprint density at radius 2 is 2.19 bits per heavy atom. The van der Waals surface area contributed by atoms with Gasteiger partial charge in [-0.2, -0.15) is 0 Å². The normalized spacial score (nSPS) is 18.0. The summed E-state index contributed by atoms with van der Waals surface area (Å²) in [7, 11) is 0. The third-order valence-electron chi connectivity index (χ3n) is 3.41. The zero-order valence-corrected chi connectivity index (χ0v) is 12.5. The van der Waals surface area contributed by atoms with E-state index in [9.17, 15) is 4.79 Å². The fourth-order valence-electron chi connectivity index (χ4n) is 2.27. The first-order valence-electron chi connectivity index (χ1n) is 6.72. The number of hydrogen-bond donors (Lipinski definition) is 0. The van der Waals surface area contributed by atoms with E-state index in [-0.39, 0.29) is 12.2 Å². The number of amides is 1. The number of carbonyl (C=O) groups excluding carboxylic acids is 1. The minimum Gasteiger partial charge on any atom is -0.444 e. The van der Waals surface area contributed by atoms with Crippen LogP contribution in [0.4, 0.5) is 10.5 Å². The van der Waals surface area contributed by atoms with Crippen LogP contribution < -0.4 is 4.90 Å². The SMILES string of the molecule is CSc1ccc(N2C[C@@H](CCn3ccnn3)OC2=O)cc1. The van der Waals surface area contributed by atoms with Crippen molar-refractivity contribution >= 4 is 23.5 Å². The Hall–Kier alpha value is -2.02. The van der Waals surface area contributed by atoms with Crippen LogP contribution in [0.5, 0.6) is 0 Å².